The Bertz CT molecular complexity index is 705. The summed E-state index contributed by atoms with van der Waals surface area (Å²) < 4.78 is 39.4. The number of amides is 2. The maximum Gasteiger partial charge on any atom is 0.416 e. The van der Waals surface area contributed by atoms with Crippen LogP contribution in [0.1, 0.15) is 49.7 Å². The van der Waals surface area contributed by atoms with Crippen molar-refractivity contribution in [3.8, 4) is 0 Å². The van der Waals surface area contributed by atoms with Gasteiger partial charge in [0.15, 0.2) is 0 Å². The van der Waals surface area contributed by atoms with Gasteiger partial charge in [-0.2, -0.15) is 13.2 Å². The van der Waals surface area contributed by atoms with Gasteiger partial charge in [0.05, 0.1) is 5.56 Å². The number of hydrogen-bond donors (Lipinski definition) is 0. The number of likely N-dealkylation sites (tertiary alicyclic amines) is 2. The standard InChI is InChI=1S/C21H27F3N2O2/c22-21(23,24)18-7-2-1-6-17(18)10-9-16-5-3-13-26(15-16)20(28)11-14-25-12-4-8-19(25)27/h1-2,6-7,16H,3-5,8-15H2/t16-/m0/s1. The molecule has 0 spiro atoms. The number of benzene rings is 1. The number of aryl methyl sites for hydroxylation is 1. The monoisotopic (exact) mass is 396 g/mol. The zero-order chi connectivity index (χ0) is 20.1. The Hall–Kier alpha value is -2.05. The van der Waals surface area contributed by atoms with E-state index >= 15 is 0 Å². The average molecular weight is 396 g/mol. The highest BCUT2D eigenvalue weighted by atomic mass is 19.4. The highest BCUT2D eigenvalue weighted by Crippen LogP contribution is 2.33. The Labute approximate surface area is 163 Å². The minimum atomic E-state index is -4.34. The topological polar surface area (TPSA) is 40.6 Å². The van der Waals surface area contributed by atoms with E-state index in [4.69, 9.17) is 0 Å². The molecule has 2 saturated heterocycles. The normalized spacial score (nSPS) is 20.7. The van der Waals surface area contributed by atoms with Gasteiger partial charge in [0.1, 0.15) is 0 Å². The molecule has 2 heterocycles. The molecule has 28 heavy (non-hydrogen) atoms. The molecular formula is C21H27F3N2O2. The van der Waals surface area contributed by atoms with E-state index in [1.165, 1.54) is 6.07 Å². The highest BCUT2D eigenvalue weighted by molar-refractivity contribution is 5.80. The van der Waals surface area contributed by atoms with Crippen LogP contribution in [0.25, 0.3) is 0 Å². The van der Waals surface area contributed by atoms with Crippen molar-refractivity contribution in [2.45, 2.75) is 51.1 Å². The predicted molar refractivity (Wildman–Crippen MR) is 99.5 cm³/mol. The highest BCUT2D eigenvalue weighted by Gasteiger charge is 2.33. The lowest BCUT2D eigenvalue weighted by Crippen LogP contribution is -2.41. The van der Waals surface area contributed by atoms with Crippen LogP contribution < -0.4 is 0 Å². The van der Waals surface area contributed by atoms with E-state index < -0.39 is 11.7 Å². The smallest absolute Gasteiger partial charge is 0.342 e. The third-order valence-corrected chi connectivity index (χ3v) is 5.78. The molecule has 0 N–H and O–H groups in total. The van der Waals surface area contributed by atoms with Gasteiger partial charge in [-0.3, -0.25) is 9.59 Å². The second kappa shape index (κ2) is 8.97. The van der Waals surface area contributed by atoms with Crippen LogP contribution in [0.5, 0.6) is 0 Å². The number of piperidine rings is 1. The molecule has 1 aromatic carbocycles. The van der Waals surface area contributed by atoms with Gasteiger partial charge in [0.25, 0.3) is 0 Å². The molecule has 154 valence electrons. The van der Waals surface area contributed by atoms with Crippen molar-refractivity contribution < 1.29 is 22.8 Å². The number of rotatable bonds is 6. The summed E-state index contributed by atoms with van der Waals surface area (Å²) in [5.74, 6) is 0.375. The molecule has 0 unspecified atom stereocenters. The van der Waals surface area contributed by atoms with Crippen LogP contribution in [-0.4, -0.2) is 47.8 Å². The Morgan fingerprint density at radius 2 is 1.93 bits per heavy atom. The van der Waals surface area contributed by atoms with Gasteiger partial charge in [0, 0.05) is 39.0 Å². The first-order valence-electron chi connectivity index (χ1n) is 10.1. The van der Waals surface area contributed by atoms with Crippen LogP contribution in [0, 0.1) is 5.92 Å². The molecule has 0 bridgehead atoms. The third-order valence-electron chi connectivity index (χ3n) is 5.78. The lowest BCUT2D eigenvalue weighted by molar-refractivity contribution is -0.138. The summed E-state index contributed by atoms with van der Waals surface area (Å²) in [6.07, 6.45) is 0.236. The summed E-state index contributed by atoms with van der Waals surface area (Å²) in [6, 6.07) is 5.73. The second-order valence-electron chi connectivity index (χ2n) is 7.78. The Morgan fingerprint density at radius 1 is 1.14 bits per heavy atom. The molecule has 7 heteroatoms. The van der Waals surface area contributed by atoms with Crippen molar-refractivity contribution >= 4 is 11.8 Å². The number of nitrogens with zero attached hydrogens (tertiary/aromatic N) is 2. The van der Waals surface area contributed by atoms with Crippen molar-refractivity contribution in [2.75, 3.05) is 26.2 Å². The Kier molecular flexibility index (Phi) is 6.62. The van der Waals surface area contributed by atoms with E-state index in [0.29, 0.717) is 50.9 Å². The molecule has 0 aliphatic carbocycles. The maximum atomic E-state index is 13.1. The summed E-state index contributed by atoms with van der Waals surface area (Å²) in [5, 5.41) is 0. The van der Waals surface area contributed by atoms with Crippen LogP contribution in [-0.2, 0) is 22.2 Å². The quantitative estimate of drug-likeness (QED) is 0.732. The zero-order valence-electron chi connectivity index (χ0n) is 16.0. The molecule has 3 rings (SSSR count). The molecule has 0 radical (unpaired) electrons. The fourth-order valence-electron chi connectivity index (χ4n) is 4.23. The SMILES string of the molecule is O=C1CCCN1CCC(=O)N1CCC[C@@H](CCc2ccccc2C(F)(F)F)C1. The summed E-state index contributed by atoms with van der Waals surface area (Å²) in [5.41, 5.74) is -0.236. The van der Waals surface area contributed by atoms with Crippen LogP contribution in [0.3, 0.4) is 0 Å². The molecule has 1 aromatic rings. The fourth-order valence-corrected chi connectivity index (χ4v) is 4.23. The molecule has 2 aliphatic rings. The van der Waals surface area contributed by atoms with E-state index in [-0.39, 0.29) is 17.7 Å². The van der Waals surface area contributed by atoms with Crippen molar-refractivity contribution in [2.24, 2.45) is 5.92 Å². The van der Waals surface area contributed by atoms with Crippen molar-refractivity contribution in [1.82, 2.24) is 9.80 Å². The lowest BCUT2D eigenvalue weighted by Gasteiger charge is -2.33. The van der Waals surface area contributed by atoms with Crippen LogP contribution in [0.2, 0.25) is 0 Å². The molecular weight excluding hydrogens is 369 g/mol. The number of carbonyl (C=O) groups excluding carboxylic acids is 2. The van der Waals surface area contributed by atoms with Gasteiger partial charge in [-0.25, -0.2) is 0 Å². The van der Waals surface area contributed by atoms with Gasteiger partial charge in [-0.1, -0.05) is 18.2 Å². The molecule has 4 nitrogen and oxygen atoms in total. The summed E-state index contributed by atoms with van der Waals surface area (Å²) in [7, 11) is 0. The molecule has 0 aromatic heterocycles. The number of carbonyl (C=O) groups is 2. The van der Waals surface area contributed by atoms with Gasteiger partial charge < -0.3 is 9.80 Å². The zero-order valence-corrected chi connectivity index (χ0v) is 16.0. The molecule has 0 saturated carbocycles. The van der Waals surface area contributed by atoms with E-state index in [9.17, 15) is 22.8 Å². The number of alkyl halides is 3. The van der Waals surface area contributed by atoms with Crippen LogP contribution >= 0.6 is 0 Å². The van der Waals surface area contributed by atoms with Crippen molar-refractivity contribution in [3.63, 3.8) is 0 Å². The van der Waals surface area contributed by atoms with Gasteiger partial charge in [0.2, 0.25) is 11.8 Å². The Balaban J connectivity index is 1.50. The first-order valence-corrected chi connectivity index (χ1v) is 10.1. The Morgan fingerprint density at radius 3 is 2.64 bits per heavy atom. The largest absolute Gasteiger partial charge is 0.416 e. The summed E-state index contributed by atoms with van der Waals surface area (Å²) in [4.78, 5) is 27.7. The van der Waals surface area contributed by atoms with Crippen LogP contribution in [0.4, 0.5) is 13.2 Å². The molecule has 1 atom stereocenters. The van der Waals surface area contributed by atoms with E-state index in [0.717, 1.165) is 31.9 Å². The third kappa shape index (κ3) is 5.26. The van der Waals surface area contributed by atoms with Crippen LogP contribution in [0.15, 0.2) is 24.3 Å². The van der Waals surface area contributed by atoms with Gasteiger partial charge in [-0.05, 0) is 49.7 Å². The average Bonchev–Trinajstić information content (AvgIpc) is 3.09. The summed E-state index contributed by atoms with van der Waals surface area (Å²) >= 11 is 0. The van der Waals surface area contributed by atoms with E-state index in [1.54, 1.807) is 17.0 Å². The second-order valence-corrected chi connectivity index (χ2v) is 7.78. The van der Waals surface area contributed by atoms with E-state index in [2.05, 4.69) is 0 Å². The van der Waals surface area contributed by atoms with Gasteiger partial charge >= 0.3 is 6.18 Å². The maximum absolute atomic E-state index is 13.1. The van der Waals surface area contributed by atoms with Crippen molar-refractivity contribution in [3.05, 3.63) is 35.4 Å². The minimum absolute atomic E-state index is 0.0418. The molecule has 2 amide bonds. The summed E-state index contributed by atoms with van der Waals surface area (Å²) in [6.45, 7) is 2.49. The number of halogens is 3. The fraction of sp³-hybridized carbons (Fsp3) is 0.619. The van der Waals surface area contributed by atoms with Gasteiger partial charge in [-0.15, -0.1) is 0 Å². The van der Waals surface area contributed by atoms with E-state index in [1.807, 2.05) is 4.90 Å². The number of hydrogen-bond acceptors (Lipinski definition) is 2. The first kappa shape index (κ1) is 20.7. The molecule has 2 aliphatic heterocycles. The predicted octanol–water partition coefficient (Wildman–Crippen LogP) is 3.89. The minimum Gasteiger partial charge on any atom is -0.342 e. The van der Waals surface area contributed by atoms with Crippen molar-refractivity contribution in [1.29, 1.82) is 0 Å². The first-order chi connectivity index (χ1) is 13.3. The lowest BCUT2D eigenvalue weighted by atomic mass is 9.90. The molecule has 2 fully saturated rings.